The van der Waals surface area contributed by atoms with Gasteiger partial charge in [-0.3, -0.25) is 9.59 Å². The van der Waals surface area contributed by atoms with Crippen LogP contribution in [-0.4, -0.2) is 29.6 Å². The number of fused-ring (bicyclic) bond motifs is 2. The number of methoxy groups -OCH3 is 1. The largest absolute Gasteiger partial charge is 0.469 e. The Labute approximate surface area is 191 Å². The number of aromatic nitrogens is 1. The van der Waals surface area contributed by atoms with E-state index in [2.05, 4.69) is 9.88 Å². The molecule has 1 unspecified atom stereocenters. The number of ether oxygens (including phenoxy) is 1. The third-order valence-corrected chi connectivity index (χ3v) is 7.79. The molecule has 1 atom stereocenters. The van der Waals surface area contributed by atoms with Gasteiger partial charge >= 0.3 is 5.97 Å². The fourth-order valence-corrected chi connectivity index (χ4v) is 6.05. The number of para-hydroxylation sites is 2. The summed E-state index contributed by atoms with van der Waals surface area (Å²) in [5.41, 5.74) is 2.10. The summed E-state index contributed by atoms with van der Waals surface area (Å²) in [5, 5.41) is 5.30. The Bertz CT molecular complexity index is 1360. The van der Waals surface area contributed by atoms with Gasteiger partial charge in [0.1, 0.15) is 11.3 Å². The average molecular weight is 443 g/mol. The molecule has 4 aromatic rings. The second-order valence-electron chi connectivity index (χ2n) is 9.80. The zero-order valence-corrected chi connectivity index (χ0v) is 18.8. The number of rotatable bonds is 6. The Hall–Kier alpha value is -3.54. The molecule has 6 heteroatoms. The average Bonchev–Trinajstić information content (AvgIpc) is 3.35. The summed E-state index contributed by atoms with van der Waals surface area (Å²) in [5.74, 6) is 0.643. The molecule has 0 saturated heterocycles. The first-order valence-corrected chi connectivity index (χ1v) is 11.4. The van der Waals surface area contributed by atoms with E-state index in [0.717, 1.165) is 46.9 Å². The van der Waals surface area contributed by atoms with Crippen molar-refractivity contribution in [3.05, 3.63) is 72.1 Å². The van der Waals surface area contributed by atoms with Gasteiger partial charge in [-0.05, 0) is 55.9 Å². The summed E-state index contributed by atoms with van der Waals surface area (Å²) in [6.45, 7) is 2.59. The Morgan fingerprint density at radius 1 is 1.09 bits per heavy atom. The number of nitrogens with zero attached hydrogens (tertiary/aromatic N) is 1. The van der Waals surface area contributed by atoms with E-state index >= 15 is 0 Å². The maximum Gasteiger partial charge on any atom is 0.311 e. The van der Waals surface area contributed by atoms with Crippen LogP contribution in [0, 0.1) is 10.8 Å². The Morgan fingerprint density at radius 3 is 2.61 bits per heavy atom. The van der Waals surface area contributed by atoms with Crippen LogP contribution in [0.5, 0.6) is 0 Å². The number of amides is 1. The number of nitrogens with one attached hydrogen (secondary N) is 1. The van der Waals surface area contributed by atoms with Crippen molar-refractivity contribution in [1.29, 1.82) is 0 Å². The molecule has 0 spiro atoms. The second kappa shape index (κ2) is 6.98. The molecule has 3 aliphatic rings. The molecule has 2 aromatic carbocycles. The Morgan fingerprint density at radius 2 is 1.85 bits per heavy atom. The molecule has 3 saturated carbocycles. The van der Waals surface area contributed by atoms with Gasteiger partial charge in [-0.1, -0.05) is 30.3 Å². The van der Waals surface area contributed by atoms with E-state index in [9.17, 15) is 9.59 Å². The molecule has 0 aliphatic heterocycles. The van der Waals surface area contributed by atoms with Crippen LogP contribution < -0.4 is 5.32 Å². The summed E-state index contributed by atoms with van der Waals surface area (Å²) in [6.07, 6.45) is 4.38. The molecule has 168 valence electrons. The van der Waals surface area contributed by atoms with Crippen molar-refractivity contribution < 1.29 is 18.7 Å². The second-order valence-corrected chi connectivity index (χ2v) is 9.80. The highest BCUT2D eigenvalue weighted by Gasteiger charge is 2.73. The molecule has 3 fully saturated rings. The van der Waals surface area contributed by atoms with E-state index in [1.165, 1.54) is 7.11 Å². The minimum atomic E-state index is -0.310. The molecule has 0 radical (unpaired) electrons. The number of carbonyl (C=O) groups is 2. The third kappa shape index (κ3) is 2.93. The molecule has 3 aliphatic carbocycles. The van der Waals surface area contributed by atoms with Crippen LogP contribution in [0.15, 0.2) is 65.2 Å². The number of furan rings is 1. The lowest BCUT2D eigenvalue weighted by Gasteiger charge is -2.70. The van der Waals surface area contributed by atoms with Crippen LogP contribution in [0.1, 0.15) is 42.3 Å². The van der Waals surface area contributed by atoms with Gasteiger partial charge in [0, 0.05) is 23.0 Å². The van der Waals surface area contributed by atoms with Gasteiger partial charge in [0.05, 0.1) is 30.1 Å². The number of hydrogen-bond donors (Lipinski definition) is 1. The Kier molecular flexibility index (Phi) is 4.25. The predicted molar refractivity (Wildman–Crippen MR) is 125 cm³/mol. The fourth-order valence-electron chi connectivity index (χ4n) is 6.05. The van der Waals surface area contributed by atoms with Crippen LogP contribution in [0.2, 0.25) is 0 Å². The lowest BCUT2D eigenvalue weighted by molar-refractivity contribution is -0.232. The molecule has 1 N–H and O–H groups in total. The maximum atomic E-state index is 13.3. The SMILES string of the molecule is COC(=O)C12CC(C(C)NC(=O)c3cccc4ccn(Cc5cc6ccccc6o5)c34)(C1)C2. The molecular formula is C27H26N2O4. The highest BCUT2D eigenvalue weighted by molar-refractivity contribution is 6.06. The van der Waals surface area contributed by atoms with Crippen molar-refractivity contribution in [2.75, 3.05) is 7.11 Å². The van der Waals surface area contributed by atoms with E-state index in [1.54, 1.807) is 0 Å². The van der Waals surface area contributed by atoms with E-state index in [4.69, 9.17) is 9.15 Å². The molecule has 2 aromatic heterocycles. The van der Waals surface area contributed by atoms with E-state index in [0.29, 0.717) is 12.1 Å². The lowest BCUT2D eigenvalue weighted by Crippen LogP contribution is -2.71. The minimum absolute atomic E-state index is 0.00795. The van der Waals surface area contributed by atoms with Crippen LogP contribution in [0.25, 0.3) is 21.9 Å². The van der Waals surface area contributed by atoms with Gasteiger partial charge in [-0.15, -0.1) is 0 Å². The summed E-state index contributed by atoms with van der Waals surface area (Å²) in [4.78, 5) is 25.4. The molecule has 1 amide bonds. The smallest absolute Gasteiger partial charge is 0.311 e. The zero-order valence-electron chi connectivity index (χ0n) is 18.8. The number of esters is 1. The molecule has 33 heavy (non-hydrogen) atoms. The molecule has 2 heterocycles. The summed E-state index contributed by atoms with van der Waals surface area (Å²) in [6, 6.07) is 17.8. The minimum Gasteiger partial charge on any atom is -0.469 e. The molecular weight excluding hydrogens is 416 g/mol. The van der Waals surface area contributed by atoms with Crippen molar-refractivity contribution in [2.24, 2.45) is 10.8 Å². The summed E-state index contributed by atoms with van der Waals surface area (Å²) in [7, 11) is 1.45. The number of benzene rings is 2. The fraction of sp³-hybridized carbons (Fsp3) is 0.333. The van der Waals surface area contributed by atoms with Crippen LogP contribution in [0.4, 0.5) is 0 Å². The van der Waals surface area contributed by atoms with Crippen LogP contribution in [0.3, 0.4) is 0 Å². The van der Waals surface area contributed by atoms with Gasteiger partial charge in [-0.2, -0.15) is 0 Å². The number of carbonyl (C=O) groups excluding carboxylic acids is 2. The van der Waals surface area contributed by atoms with Gasteiger partial charge in [-0.25, -0.2) is 0 Å². The molecule has 2 bridgehead atoms. The van der Waals surface area contributed by atoms with Crippen molar-refractivity contribution in [1.82, 2.24) is 9.88 Å². The van der Waals surface area contributed by atoms with E-state index in [-0.39, 0.29) is 28.7 Å². The van der Waals surface area contributed by atoms with Crippen molar-refractivity contribution in [3.8, 4) is 0 Å². The highest BCUT2D eigenvalue weighted by Crippen LogP contribution is 2.75. The van der Waals surface area contributed by atoms with Crippen molar-refractivity contribution >= 4 is 33.7 Å². The topological polar surface area (TPSA) is 73.5 Å². The van der Waals surface area contributed by atoms with Gasteiger partial charge in [0.25, 0.3) is 5.91 Å². The van der Waals surface area contributed by atoms with Gasteiger partial charge in [0.15, 0.2) is 0 Å². The summed E-state index contributed by atoms with van der Waals surface area (Å²) >= 11 is 0. The van der Waals surface area contributed by atoms with E-state index in [1.807, 2.05) is 67.7 Å². The number of hydrogen-bond acceptors (Lipinski definition) is 4. The zero-order chi connectivity index (χ0) is 22.8. The van der Waals surface area contributed by atoms with Crippen molar-refractivity contribution in [2.45, 2.75) is 38.8 Å². The maximum absolute atomic E-state index is 13.3. The third-order valence-electron chi connectivity index (χ3n) is 7.79. The Balaban J connectivity index is 1.24. The lowest BCUT2D eigenvalue weighted by atomic mass is 9.33. The molecule has 7 rings (SSSR count). The van der Waals surface area contributed by atoms with Gasteiger partial charge in [0.2, 0.25) is 0 Å². The highest BCUT2D eigenvalue weighted by atomic mass is 16.5. The summed E-state index contributed by atoms with van der Waals surface area (Å²) < 4.78 is 13.0. The normalized spacial score (nSPS) is 24.2. The van der Waals surface area contributed by atoms with Crippen LogP contribution in [-0.2, 0) is 16.1 Å². The first kappa shape index (κ1) is 20.1. The first-order valence-electron chi connectivity index (χ1n) is 11.4. The first-order chi connectivity index (χ1) is 15.9. The van der Waals surface area contributed by atoms with Crippen LogP contribution >= 0.6 is 0 Å². The molecule has 6 nitrogen and oxygen atoms in total. The monoisotopic (exact) mass is 442 g/mol. The van der Waals surface area contributed by atoms with Gasteiger partial charge < -0.3 is 19.0 Å². The quantitative estimate of drug-likeness (QED) is 0.431. The predicted octanol–water partition coefficient (Wildman–Crippen LogP) is 4.90. The van der Waals surface area contributed by atoms with Crippen molar-refractivity contribution in [3.63, 3.8) is 0 Å². The standard InChI is InChI=1S/C27H26N2O4/c1-17(26-14-27(15-26,16-26)25(31)32-2)28-24(30)21-8-5-7-18-10-11-29(23(18)21)13-20-12-19-6-3-4-9-22(19)33-20/h3-12,17H,13-16H2,1-2H3,(H,28,30). The van der Waals surface area contributed by atoms with E-state index < -0.39 is 0 Å².